The third kappa shape index (κ3) is 11.7. The van der Waals surface area contributed by atoms with Gasteiger partial charge in [0.05, 0.1) is 22.1 Å². The Hall–Kier alpha value is -5.44. The van der Waals surface area contributed by atoms with E-state index in [-0.39, 0.29) is 41.4 Å². The molecule has 7 rings (SSSR count). The lowest BCUT2D eigenvalue weighted by Gasteiger charge is -2.47. The van der Waals surface area contributed by atoms with Crippen molar-refractivity contribution in [2.24, 2.45) is 23.3 Å². The van der Waals surface area contributed by atoms with Gasteiger partial charge in [-0.2, -0.15) is 0 Å². The summed E-state index contributed by atoms with van der Waals surface area (Å²) in [6.45, 7) is 9.32. The third-order valence-corrected chi connectivity index (χ3v) is 13.7. The highest BCUT2D eigenvalue weighted by molar-refractivity contribution is 6.26. The molecule has 2 aliphatic rings. The Morgan fingerprint density at radius 1 is 0.820 bits per heavy atom. The molecular formula is C52H63ClN4O4. The molecule has 2 fully saturated rings. The molecule has 5 aromatic rings. The van der Waals surface area contributed by atoms with Crippen LogP contribution in [0.1, 0.15) is 92.9 Å². The largest absolute Gasteiger partial charge is 0.481 e. The molecule has 2 heterocycles. The van der Waals surface area contributed by atoms with Crippen molar-refractivity contribution in [2.45, 2.75) is 80.9 Å². The molecule has 0 spiro atoms. The van der Waals surface area contributed by atoms with Gasteiger partial charge in [0.1, 0.15) is 0 Å². The van der Waals surface area contributed by atoms with Crippen LogP contribution in [0.25, 0.3) is 0 Å². The van der Waals surface area contributed by atoms with E-state index in [1.807, 2.05) is 117 Å². The maximum atomic E-state index is 12.5. The molecule has 322 valence electrons. The molecular weight excluding hydrogens is 780 g/mol. The lowest BCUT2D eigenvalue weighted by atomic mass is 9.62. The van der Waals surface area contributed by atoms with Gasteiger partial charge in [-0.05, 0) is 73.0 Å². The first kappa shape index (κ1) is 46.6. The highest BCUT2D eigenvalue weighted by Gasteiger charge is 2.49. The first-order valence-corrected chi connectivity index (χ1v) is 22.0. The van der Waals surface area contributed by atoms with Crippen LogP contribution in [0.15, 0.2) is 152 Å². The van der Waals surface area contributed by atoms with Crippen molar-refractivity contribution < 1.29 is 19.5 Å². The van der Waals surface area contributed by atoms with E-state index in [0.717, 1.165) is 68.6 Å². The number of anilines is 1. The van der Waals surface area contributed by atoms with E-state index in [2.05, 4.69) is 65.7 Å². The molecule has 61 heavy (non-hydrogen) atoms. The number of aliphatic carboxylic acids is 1. The maximum Gasteiger partial charge on any atom is 0.310 e. The zero-order chi connectivity index (χ0) is 43.8. The number of nitrogens with one attached hydrogen (secondary N) is 1. The van der Waals surface area contributed by atoms with Gasteiger partial charge in [0.25, 0.3) is 0 Å². The van der Waals surface area contributed by atoms with Crippen molar-refractivity contribution in [2.75, 3.05) is 31.1 Å². The number of carbonyl (C=O) groups excluding carboxylic acids is 2. The molecule has 7 atom stereocenters. The number of nitrogens with two attached hydrogens (primary N) is 2. The average Bonchev–Trinajstić information content (AvgIpc) is 3.30. The number of carboxylic acids is 1. The van der Waals surface area contributed by atoms with E-state index < -0.39 is 16.3 Å². The van der Waals surface area contributed by atoms with Crippen molar-refractivity contribution in [1.82, 2.24) is 5.32 Å². The molecule has 7 unspecified atom stereocenters. The summed E-state index contributed by atoms with van der Waals surface area (Å²) in [5.74, 6) is -1.51. The van der Waals surface area contributed by atoms with Crippen molar-refractivity contribution in [3.8, 4) is 0 Å². The second-order valence-electron chi connectivity index (χ2n) is 16.5. The summed E-state index contributed by atoms with van der Waals surface area (Å²) in [6, 6.07) is 50.4. The van der Waals surface area contributed by atoms with Crippen LogP contribution in [0, 0.1) is 11.8 Å². The quantitative estimate of drug-likeness (QED) is 0.0872. The summed E-state index contributed by atoms with van der Waals surface area (Å²) < 4.78 is 0. The summed E-state index contributed by atoms with van der Waals surface area (Å²) in [5.41, 5.74) is 16.4. The normalized spacial score (nSPS) is 21.8. The molecule has 8 nitrogen and oxygen atoms in total. The second kappa shape index (κ2) is 22.4. The van der Waals surface area contributed by atoms with Gasteiger partial charge in [0.15, 0.2) is 0 Å². The third-order valence-electron chi connectivity index (χ3n) is 12.9. The lowest BCUT2D eigenvalue weighted by Crippen LogP contribution is -2.53. The van der Waals surface area contributed by atoms with Crippen LogP contribution in [0.4, 0.5) is 5.69 Å². The minimum absolute atomic E-state index is 0.0387. The van der Waals surface area contributed by atoms with Gasteiger partial charge < -0.3 is 26.8 Å². The SMILES string of the molecule is CC(C(N)=O)(c1ccccc1)C1CCNCC1c1ccccc1.CC(C(N)=O)C1(Cl)CCN(c2ccccc2)CC1c1ccccc1.CCCCC(C(=O)O)c1ccccc1. The number of piperidine rings is 2. The summed E-state index contributed by atoms with van der Waals surface area (Å²) in [4.78, 5) is 37.0. The zero-order valence-electron chi connectivity index (χ0n) is 35.8. The van der Waals surface area contributed by atoms with Crippen LogP contribution in [0.5, 0.6) is 0 Å². The van der Waals surface area contributed by atoms with Crippen molar-refractivity contribution in [3.05, 3.63) is 174 Å². The molecule has 2 aliphatic heterocycles. The number of primary amides is 2. The molecule has 0 saturated carbocycles. The topological polar surface area (TPSA) is 139 Å². The highest BCUT2D eigenvalue weighted by Crippen LogP contribution is 2.47. The lowest BCUT2D eigenvalue weighted by molar-refractivity contribution is -0.139. The van der Waals surface area contributed by atoms with Crippen LogP contribution in [0.3, 0.4) is 0 Å². The number of benzene rings is 5. The van der Waals surface area contributed by atoms with Gasteiger partial charge in [-0.15, -0.1) is 11.6 Å². The Kier molecular flexibility index (Phi) is 17.1. The number of carbonyl (C=O) groups is 3. The summed E-state index contributed by atoms with van der Waals surface area (Å²) >= 11 is 7.05. The molecule has 5 aromatic carbocycles. The number of rotatable bonds is 13. The highest BCUT2D eigenvalue weighted by atomic mass is 35.5. The Bertz CT molecular complexity index is 2090. The predicted molar refractivity (Wildman–Crippen MR) is 249 cm³/mol. The van der Waals surface area contributed by atoms with E-state index in [4.69, 9.17) is 28.2 Å². The molecule has 0 aromatic heterocycles. The number of alkyl halides is 1. The van der Waals surface area contributed by atoms with E-state index in [1.165, 1.54) is 11.3 Å². The summed E-state index contributed by atoms with van der Waals surface area (Å²) in [6.07, 6.45) is 4.39. The number of para-hydroxylation sites is 1. The van der Waals surface area contributed by atoms with Crippen LogP contribution in [-0.4, -0.2) is 53.9 Å². The summed E-state index contributed by atoms with van der Waals surface area (Å²) in [7, 11) is 0. The molecule has 6 N–H and O–H groups in total. The van der Waals surface area contributed by atoms with Gasteiger partial charge in [0.2, 0.25) is 11.8 Å². The van der Waals surface area contributed by atoms with Crippen molar-refractivity contribution >= 4 is 35.1 Å². The van der Waals surface area contributed by atoms with Crippen LogP contribution in [-0.2, 0) is 19.8 Å². The van der Waals surface area contributed by atoms with E-state index in [1.54, 1.807) is 0 Å². The standard InChI is InChI=1S/C20H23ClN2O.C20H24N2O.C12H16O2/c1-15(19(22)24)20(21)12-13-23(17-10-6-3-7-11-17)14-18(20)16-8-4-2-5-9-16;1-20(19(21)23,16-10-6-3-7-11-16)18-12-13-22-14-17(18)15-8-4-2-5-9-15;1-2-3-9-11(12(13)14)10-7-5-4-6-8-10/h2-11,15,18H,12-14H2,1H3,(H2,22,24);2-11,17-18,22H,12-14H2,1H3,(H2,21,23);4-8,11H,2-3,9H2,1H3,(H,13,14). The smallest absolute Gasteiger partial charge is 0.310 e. The van der Waals surface area contributed by atoms with E-state index >= 15 is 0 Å². The Morgan fingerprint density at radius 2 is 1.34 bits per heavy atom. The molecule has 2 amide bonds. The first-order chi connectivity index (χ1) is 29.4. The Balaban J connectivity index is 0.000000180. The minimum Gasteiger partial charge on any atom is -0.481 e. The molecule has 0 bridgehead atoms. The minimum atomic E-state index is -0.718. The number of hydrogen-bond acceptors (Lipinski definition) is 5. The van der Waals surface area contributed by atoms with Gasteiger partial charge in [0, 0.05) is 37.2 Å². The van der Waals surface area contributed by atoms with Crippen LogP contribution < -0.4 is 21.7 Å². The van der Waals surface area contributed by atoms with Gasteiger partial charge >= 0.3 is 5.97 Å². The fourth-order valence-corrected chi connectivity index (χ4v) is 9.48. The Labute approximate surface area is 367 Å². The van der Waals surface area contributed by atoms with Crippen molar-refractivity contribution in [1.29, 1.82) is 0 Å². The van der Waals surface area contributed by atoms with Gasteiger partial charge in [-0.25, -0.2) is 0 Å². The average molecular weight is 844 g/mol. The number of unbranched alkanes of at least 4 members (excludes halogenated alkanes) is 1. The monoisotopic (exact) mass is 842 g/mol. The fraction of sp³-hybridized carbons (Fsp3) is 0.365. The number of carboxylic acid groups (broad SMARTS) is 1. The first-order valence-electron chi connectivity index (χ1n) is 21.6. The number of nitrogens with zero attached hydrogens (tertiary/aromatic N) is 1. The van der Waals surface area contributed by atoms with E-state index in [0.29, 0.717) is 6.42 Å². The number of amides is 2. The number of hydrogen-bond donors (Lipinski definition) is 4. The molecule has 0 aliphatic carbocycles. The van der Waals surface area contributed by atoms with Crippen LogP contribution >= 0.6 is 11.6 Å². The summed E-state index contributed by atoms with van der Waals surface area (Å²) in [5, 5.41) is 12.5. The maximum absolute atomic E-state index is 12.5. The predicted octanol–water partition coefficient (Wildman–Crippen LogP) is 9.65. The Morgan fingerprint density at radius 3 is 1.87 bits per heavy atom. The zero-order valence-corrected chi connectivity index (χ0v) is 36.6. The molecule has 0 radical (unpaired) electrons. The molecule has 9 heteroatoms. The molecule has 2 saturated heterocycles. The van der Waals surface area contributed by atoms with Gasteiger partial charge in [-0.1, -0.05) is 166 Å². The van der Waals surface area contributed by atoms with E-state index in [9.17, 15) is 14.4 Å². The van der Waals surface area contributed by atoms with Crippen LogP contribution in [0.2, 0.25) is 0 Å². The van der Waals surface area contributed by atoms with Crippen molar-refractivity contribution in [3.63, 3.8) is 0 Å². The fourth-order valence-electron chi connectivity index (χ4n) is 9.09. The second-order valence-corrected chi connectivity index (χ2v) is 17.2. The van der Waals surface area contributed by atoms with Gasteiger partial charge in [-0.3, -0.25) is 14.4 Å². The number of halogens is 1.